The summed E-state index contributed by atoms with van der Waals surface area (Å²) in [7, 11) is 0. The van der Waals surface area contributed by atoms with E-state index in [9.17, 15) is 0 Å². The number of hydrogen-bond donors (Lipinski definition) is 0. The molecule has 1 aromatic carbocycles. The second-order valence-corrected chi connectivity index (χ2v) is 9.28. The maximum absolute atomic E-state index is 3.28. The van der Waals surface area contributed by atoms with Crippen LogP contribution in [0.5, 0.6) is 0 Å². The van der Waals surface area contributed by atoms with Gasteiger partial charge in [0.15, 0.2) is 0 Å². The molecule has 0 saturated heterocycles. The average molecular weight is 377 g/mol. The van der Waals surface area contributed by atoms with Crippen molar-refractivity contribution in [3.63, 3.8) is 0 Å². The maximum atomic E-state index is 3.28. The predicted octanol–water partition coefficient (Wildman–Crippen LogP) is 7.96. The monoisotopic (exact) mass is 376 g/mol. The van der Waals surface area contributed by atoms with Crippen LogP contribution in [0.3, 0.4) is 0 Å². The van der Waals surface area contributed by atoms with Crippen molar-refractivity contribution in [3.8, 4) is 11.8 Å². The smallest absolute Gasteiger partial charge is 0.0249 e. The first-order valence-corrected chi connectivity index (χ1v) is 12.1. The molecule has 0 nitrogen and oxygen atoms in total. The molecule has 2 fully saturated rings. The summed E-state index contributed by atoms with van der Waals surface area (Å²) >= 11 is 0. The quantitative estimate of drug-likeness (QED) is 0.442. The Morgan fingerprint density at radius 2 is 1.50 bits per heavy atom. The predicted molar refractivity (Wildman–Crippen MR) is 122 cm³/mol. The van der Waals surface area contributed by atoms with Crippen molar-refractivity contribution < 1.29 is 0 Å². The molecule has 2 aliphatic carbocycles. The zero-order chi connectivity index (χ0) is 19.6. The normalized spacial score (nSPS) is 28.1. The van der Waals surface area contributed by atoms with Gasteiger partial charge in [0.2, 0.25) is 0 Å². The Balaban J connectivity index is 1.37. The molecule has 1 aromatic rings. The number of benzene rings is 1. The largest absolute Gasteiger partial charge is 0.0730 e. The fourth-order valence-electron chi connectivity index (χ4n) is 5.38. The van der Waals surface area contributed by atoms with Crippen LogP contribution in [-0.4, -0.2) is 0 Å². The van der Waals surface area contributed by atoms with E-state index in [0.29, 0.717) is 0 Å². The number of rotatable bonds is 6. The topological polar surface area (TPSA) is 0 Å². The molecule has 0 heterocycles. The first-order chi connectivity index (χ1) is 13.8. The summed E-state index contributed by atoms with van der Waals surface area (Å²) in [6.07, 6.45) is 21.6. The third kappa shape index (κ3) is 6.55. The molecule has 0 aliphatic heterocycles. The molecule has 2 aliphatic rings. The van der Waals surface area contributed by atoms with Gasteiger partial charge in [-0.2, -0.15) is 0 Å². The molecule has 0 bridgehead atoms. The van der Waals surface area contributed by atoms with Gasteiger partial charge in [0, 0.05) is 5.56 Å². The van der Waals surface area contributed by atoms with Crippen LogP contribution in [0.4, 0.5) is 0 Å². The minimum Gasteiger partial charge on any atom is -0.0730 e. The fourth-order valence-corrected chi connectivity index (χ4v) is 5.38. The Morgan fingerprint density at radius 3 is 2.11 bits per heavy atom. The molecule has 0 aromatic heterocycles. The lowest BCUT2D eigenvalue weighted by Gasteiger charge is -2.37. The summed E-state index contributed by atoms with van der Waals surface area (Å²) < 4.78 is 0. The lowest BCUT2D eigenvalue weighted by atomic mass is 9.68. The summed E-state index contributed by atoms with van der Waals surface area (Å²) in [4.78, 5) is 0. The van der Waals surface area contributed by atoms with E-state index in [-0.39, 0.29) is 0 Å². The van der Waals surface area contributed by atoms with Gasteiger partial charge in [-0.3, -0.25) is 0 Å². The highest BCUT2D eigenvalue weighted by molar-refractivity contribution is 5.38. The van der Waals surface area contributed by atoms with Crippen molar-refractivity contribution in [2.24, 2.45) is 23.7 Å². The first kappa shape index (κ1) is 21.2. The van der Waals surface area contributed by atoms with Crippen molar-refractivity contribution in [1.82, 2.24) is 0 Å². The highest BCUT2D eigenvalue weighted by atomic mass is 14.4. The molecular weight excluding hydrogens is 336 g/mol. The van der Waals surface area contributed by atoms with E-state index >= 15 is 0 Å². The van der Waals surface area contributed by atoms with E-state index in [1.54, 1.807) is 0 Å². The van der Waals surface area contributed by atoms with Gasteiger partial charge in [-0.05, 0) is 92.4 Å². The maximum Gasteiger partial charge on any atom is 0.0249 e. The van der Waals surface area contributed by atoms with Crippen molar-refractivity contribution in [2.75, 3.05) is 0 Å². The van der Waals surface area contributed by atoms with Crippen LogP contribution >= 0.6 is 0 Å². The number of allylic oxidation sites excluding steroid dienone is 2. The van der Waals surface area contributed by atoms with Crippen LogP contribution < -0.4 is 0 Å². The summed E-state index contributed by atoms with van der Waals surface area (Å²) in [6.45, 7) is 4.52. The third-order valence-corrected chi connectivity index (χ3v) is 7.37. The highest BCUT2D eigenvalue weighted by Gasteiger charge is 2.30. The highest BCUT2D eigenvalue weighted by Crippen LogP contribution is 2.42. The van der Waals surface area contributed by atoms with Gasteiger partial charge in [-0.15, -0.1) is 0 Å². The van der Waals surface area contributed by atoms with Gasteiger partial charge in [0.05, 0.1) is 0 Å². The van der Waals surface area contributed by atoms with Crippen LogP contribution in [0, 0.1) is 35.5 Å². The van der Waals surface area contributed by atoms with E-state index < -0.39 is 0 Å². The van der Waals surface area contributed by atoms with E-state index in [2.05, 4.69) is 62.1 Å². The summed E-state index contributed by atoms with van der Waals surface area (Å²) in [5.41, 5.74) is 2.51. The molecule has 0 radical (unpaired) electrons. The zero-order valence-electron chi connectivity index (χ0n) is 18.3. The molecule has 152 valence electrons. The van der Waals surface area contributed by atoms with Gasteiger partial charge in [-0.1, -0.05) is 76.0 Å². The lowest BCUT2D eigenvalue weighted by Crippen LogP contribution is -2.25. The molecule has 0 amide bonds. The van der Waals surface area contributed by atoms with Crippen molar-refractivity contribution >= 4 is 0 Å². The molecule has 28 heavy (non-hydrogen) atoms. The van der Waals surface area contributed by atoms with Gasteiger partial charge >= 0.3 is 0 Å². The second-order valence-electron chi connectivity index (χ2n) is 9.28. The van der Waals surface area contributed by atoms with Gasteiger partial charge in [0.25, 0.3) is 0 Å². The Bertz CT molecular complexity index is 638. The van der Waals surface area contributed by atoms with Gasteiger partial charge in [-0.25, -0.2) is 0 Å². The van der Waals surface area contributed by atoms with E-state index in [4.69, 9.17) is 0 Å². The van der Waals surface area contributed by atoms with Crippen molar-refractivity contribution in [3.05, 3.63) is 47.5 Å². The van der Waals surface area contributed by atoms with Crippen LogP contribution in [-0.2, 0) is 6.42 Å². The van der Waals surface area contributed by atoms with Crippen LogP contribution in [0.25, 0.3) is 0 Å². The second kappa shape index (κ2) is 11.5. The molecule has 3 rings (SSSR count). The Kier molecular flexibility index (Phi) is 8.72. The standard InChI is InChI=1S/C28H40/c1-3-5-8-24-15-19-27(20-16-24)28-21-17-26(18-22-28)10-7-6-9-25-13-11-23(4-2)12-14-25/h7,10-14,24,26-28H,3-5,8,15-22H2,1-2H3/b10-7+. The third-order valence-electron chi connectivity index (χ3n) is 7.37. The van der Waals surface area contributed by atoms with Gasteiger partial charge < -0.3 is 0 Å². The summed E-state index contributed by atoms with van der Waals surface area (Å²) in [5.74, 6) is 10.4. The SMILES string of the molecule is CCCCC1CCC(C2CCC(/C=C/C#Cc3ccc(CC)cc3)CC2)CC1. The Labute approximate surface area is 174 Å². The minimum absolute atomic E-state index is 0.758. The van der Waals surface area contributed by atoms with Crippen molar-refractivity contribution in [2.45, 2.75) is 90.9 Å². The van der Waals surface area contributed by atoms with Crippen molar-refractivity contribution in [1.29, 1.82) is 0 Å². The number of aryl methyl sites for hydroxylation is 1. The van der Waals surface area contributed by atoms with Crippen LogP contribution in [0.1, 0.15) is 95.6 Å². The molecular formula is C28H40. The number of hydrogen-bond acceptors (Lipinski definition) is 0. The molecule has 0 heteroatoms. The summed E-state index contributed by atoms with van der Waals surface area (Å²) in [6, 6.07) is 8.66. The Morgan fingerprint density at radius 1 is 0.857 bits per heavy atom. The molecule has 2 saturated carbocycles. The summed E-state index contributed by atoms with van der Waals surface area (Å²) in [5, 5.41) is 0. The van der Waals surface area contributed by atoms with E-state index in [1.165, 1.54) is 76.2 Å². The molecule has 0 unspecified atom stereocenters. The molecule has 0 atom stereocenters. The van der Waals surface area contributed by atoms with Crippen LogP contribution in [0.2, 0.25) is 0 Å². The Hall–Kier alpha value is -1.48. The lowest BCUT2D eigenvalue weighted by molar-refractivity contribution is 0.152. The first-order valence-electron chi connectivity index (χ1n) is 12.1. The minimum atomic E-state index is 0.758. The van der Waals surface area contributed by atoms with E-state index in [1.807, 2.05) is 0 Å². The molecule has 0 N–H and O–H groups in total. The average Bonchev–Trinajstić information content (AvgIpc) is 2.76. The van der Waals surface area contributed by atoms with Crippen LogP contribution in [0.15, 0.2) is 36.4 Å². The van der Waals surface area contributed by atoms with Gasteiger partial charge in [0.1, 0.15) is 0 Å². The zero-order valence-corrected chi connectivity index (χ0v) is 18.3. The fraction of sp³-hybridized carbons (Fsp3) is 0.643. The van der Waals surface area contributed by atoms with E-state index in [0.717, 1.165) is 35.7 Å². The number of unbranched alkanes of at least 4 members (excludes halogenated alkanes) is 1. The molecule has 0 spiro atoms.